The molecule has 0 spiro atoms. The zero-order chi connectivity index (χ0) is 13.8. The first-order valence-corrected chi connectivity index (χ1v) is 8.01. The third-order valence-electron chi connectivity index (χ3n) is 3.47. The maximum atomic E-state index is 4.43. The summed E-state index contributed by atoms with van der Waals surface area (Å²) in [5.74, 6) is 0.923. The van der Waals surface area contributed by atoms with Crippen LogP contribution >= 0.6 is 11.8 Å². The third kappa shape index (κ3) is 3.81. The van der Waals surface area contributed by atoms with Gasteiger partial charge in [0.15, 0.2) is 5.16 Å². The largest absolute Gasteiger partial charge is 0.310 e. The Morgan fingerprint density at radius 1 is 1.20 bits per heavy atom. The van der Waals surface area contributed by atoms with E-state index in [-0.39, 0.29) is 0 Å². The molecule has 0 bridgehead atoms. The highest BCUT2D eigenvalue weighted by molar-refractivity contribution is 7.98. The van der Waals surface area contributed by atoms with Crippen LogP contribution in [0.2, 0.25) is 0 Å². The van der Waals surface area contributed by atoms with Gasteiger partial charge in [-0.05, 0) is 30.9 Å². The maximum absolute atomic E-state index is 4.43. The van der Waals surface area contributed by atoms with Crippen LogP contribution in [0, 0.1) is 6.92 Å². The Morgan fingerprint density at radius 3 is 2.65 bits per heavy atom. The molecule has 0 unspecified atom stereocenters. The van der Waals surface area contributed by atoms with Crippen LogP contribution in [-0.2, 0) is 12.3 Å². The summed E-state index contributed by atoms with van der Waals surface area (Å²) in [6.45, 7) is 3.02. The molecule has 0 atom stereocenters. The fourth-order valence-electron chi connectivity index (χ4n) is 1.97. The number of benzene rings is 1. The summed E-state index contributed by atoms with van der Waals surface area (Å²) in [5.41, 5.74) is 3.84. The van der Waals surface area contributed by atoms with E-state index in [0.29, 0.717) is 0 Å². The average molecular weight is 285 g/mol. The Hall–Kier alpha value is -1.39. The van der Waals surface area contributed by atoms with Crippen LogP contribution in [0.15, 0.2) is 41.8 Å². The van der Waals surface area contributed by atoms with Crippen molar-refractivity contribution in [1.29, 1.82) is 0 Å². The predicted octanol–water partition coefficient (Wildman–Crippen LogP) is 3.33. The molecule has 1 saturated carbocycles. The first kappa shape index (κ1) is 13.6. The van der Waals surface area contributed by atoms with Crippen LogP contribution in [0.4, 0.5) is 0 Å². The highest BCUT2D eigenvalue weighted by Gasteiger charge is 2.19. The number of hydrogen-bond acceptors (Lipinski definition) is 4. The van der Waals surface area contributed by atoms with E-state index in [1.807, 2.05) is 12.4 Å². The summed E-state index contributed by atoms with van der Waals surface area (Å²) >= 11 is 1.69. The normalized spacial score (nSPS) is 14.4. The van der Waals surface area contributed by atoms with E-state index in [2.05, 4.69) is 46.5 Å². The van der Waals surface area contributed by atoms with Gasteiger partial charge in [0.2, 0.25) is 0 Å². The number of aromatic nitrogens is 2. The van der Waals surface area contributed by atoms with Gasteiger partial charge >= 0.3 is 0 Å². The van der Waals surface area contributed by atoms with Crippen LogP contribution in [0.25, 0.3) is 0 Å². The molecule has 1 N–H and O–H groups in total. The second kappa shape index (κ2) is 6.37. The molecule has 2 aromatic rings. The molecule has 3 nitrogen and oxygen atoms in total. The van der Waals surface area contributed by atoms with Gasteiger partial charge in [-0.3, -0.25) is 0 Å². The van der Waals surface area contributed by atoms with Gasteiger partial charge in [0.1, 0.15) is 0 Å². The van der Waals surface area contributed by atoms with Crippen LogP contribution in [0.1, 0.15) is 29.5 Å². The Labute approximate surface area is 124 Å². The highest BCUT2D eigenvalue weighted by atomic mass is 32.2. The third-order valence-corrected chi connectivity index (χ3v) is 4.40. The molecule has 0 saturated heterocycles. The molecule has 20 heavy (non-hydrogen) atoms. The minimum atomic E-state index is 0.727. The van der Waals surface area contributed by atoms with Crippen molar-refractivity contribution in [1.82, 2.24) is 15.3 Å². The smallest absolute Gasteiger partial charge is 0.187 e. The summed E-state index contributed by atoms with van der Waals surface area (Å²) in [6.07, 6.45) is 6.49. The first-order chi connectivity index (χ1) is 9.81. The molecular weight excluding hydrogens is 266 g/mol. The number of nitrogens with one attached hydrogen (secondary N) is 1. The van der Waals surface area contributed by atoms with Gasteiger partial charge in [0.25, 0.3) is 0 Å². The van der Waals surface area contributed by atoms with Gasteiger partial charge in [-0.2, -0.15) is 0 Å². The SMILES string of the molecule is Cc1ccccc1CSc1ncc(CNC2CC2)cn1. The molecule has 4 heteroatoms. The quantitative estimate of drug-likeness (QED) is 0.652. The van der Waals surface area contributed by atoms with Crippen LogP contribution < -0.4 is 5.32 Å². The average Bonchev–Trinajstić information content (AvgIpc) is 3.30. The number of hydrogen-bond donors (Lipinski definition) is 1. The standard InChI is InChI=1S/C16H19N3S/c1-12-4-2-3-5-14(12)11-20-16-18-9-13(10-19-16)8-17-15-6-7-15/h2-5,9-10,15,17H,6-8,11H2,1H3. The number of rotatable bonds is 6. The van der Waals surface area contributed by atoms with Crippen LogP contribution in [0.5, 0.6) is 0 Å². The lowest BCUT2D eigenvalue weighted by molar-refractivity contribution is 0.680. The van der Waals surface area contributed by atoms with E-state index >= 15 is 0 Å². The first-order valence-electron chi connectivity index (χ1n) is 7.03. The molecule has 1 aromatic heterocycles. The Kier molecular flexibility index (Phi) is 4.33. The number of thioether (sulfide) groups is 1. The highest BCUT2D eigenvalue weighted by Crippen LogP contribution is 2.21. The molecule has 3 rings (SSSR count). The summed E-state index contributed by atoms with van der Waals surface area (Å²) in [4.78, 5) is 8.87. The van der Waals surface area contributed by atoms with Crippen molar-refractivity contribution in [2.45, 2.75) is 43.3 Å². The Bertz CT molecular complexity index is 564. The molecule has 1 fully saturated rings. The van der Waals surface area contributed by atoms with Crippen molar-refractivity contribution >= 4 is 11.8 Å². The van der Waals surface area contributed by atoms with Crippen molar-refractivity contribution in [2.24, 2.45) is 0 Å². The minimum Gasteiger partial charge on any atom is -0.310 e. The van der Waals surface area contributed by atoms with Gasteiger partial charge in [-0.15, -0.1) is 0 Å². The zero-order valence-electron chi connectivity index (χ0n) is 11.7. The zero-order valence-corrected chi connectivity index (χ0v) is 12.5. The summed E-state index contributed by atoms with van der Waals surface area (Å²) in [5, 5.41) is 4.32. The fraction of sp³-hybridized carbons (Fsp3) is 0.375. The fourth-order valence-corrected chi connectivity index (χ4v) is 2.84. The molecule has 0 amide bonds. The van der Waals surface area contributed by atoms with E-state index in [0.717, 1.165) is 29.1 Å². The van der Waals surface area contributed by atoms with Gasteiger partial charge in [-0.25, -0.2) is 9.97 Å². The molecule has 0 aliphatic heterocycles. The minimum absolute atomic E-state index is 0.727. The Morgan fingerprint density at radius 2 is 1.95 bits per heavy atom. The number of aryl methyl sites for hydroxylation is 1. The van der Waals surface area contributed by atoms with E-state index in [1.54, 1.807) is 11.8 Å². The molecule has 104 valence electrons. The summed E-state index contributed by atoms with van der Waals surface area (Å²) in [7, 11) is 0. The van der Waals surface area contributed by atoms with Gasteiger partial charge in [0.05, 0.1) is 0 Å². The van der Waals surface area contributed by atoms with Gasteiger partial charge in [0, 0.05) is 36.3 Å². The topological polar surface area (TPSA) is 37.8 Å². The lowest BCUT2D eigenvalue weighted by Crippen LogP contribution is -2.15. The molecule has 1 aromatic carbocycles. The second-order valence-electron chi connectivity index (χ2n) is 5.24. The molecule has 1 heterocycles. The van der Waals surface area contributed by atoms with E-state index in [9.17, 15) is 0 Å². The van der Waals surface area contributed by atoms with E-state index < -0.39 is 0 Å². The van der Waals surface area contributed by atoms with Gasteiger partial charge in [-0.1, -0.05) is 36.0 Å². The Balaban J connectivity index is 1.53. The lowest BCUT2D eigenvalue weighted by atomic mass is 10.1. The van der Waals surface area contributed by atoms with Crippen molar-refractivity contribution < 1.29 is 0 Å². The molecule has 1 aliphatic carbocycles. The van der Waals surface area contributed by atoms with Crippen LogP contribution in [-0.4, -0.2) is 16.0 Å². The second-order valence-corrected chi connectivity index (χ2v) is 6.19. The molecule has 0 radical (unpaired) electrons. The molecular formula is C16H19N3S. The monoisotopic (exact) mass is 285 g/mol. The summed E-state index contributed by atoms with van der Waals surface area (Å²) < 4.78 is 0. The van der Waals surface area contributed by atoms with Crippen molar-refractivity contribution in [2.75, 3.05) is 0 Å². The lowest BCUT2D eigenvalue weighted by Gasteiger charge is -2.05. The van der Waals surface area contributed by atoms with Crippen molar-refractivity contribution in [3.05, 3.63) is 53.3 Å². The number of nitrogens with zero attached hydrogens (tertiary/aromatic N) is 2. The van der Waals surface area contributed by atoms with E-state index in [1.165, 1.54) is 24.0 Å². The summed E-state index contributed by atoms with van der Waals surface area (Å²) in [6, 6.07) is 9.18. The molecule has 1 aliphatic rings. The van der Waals surface area contributed by atoms with Gasteiger partial charge < -0.3 is 5.32 Å². The predicted molar refractivity (Wildman–Crippen MR) is 82.6 cm³/mol. The maximum Gasteiger partial charge on any atom is 0.187 e. The van der Waals surface area contributed by atoms with Crippen LogP contribution in [0.3, 0.4) is 0 Å². The van der Waals surface area contributed by atoms with Crippen molar-refractivity contribution in [3.8, 4) is 0 Å². The van der Waals surface area contributed by atoms with Crippen molar-refractivity contribution in [3.63, 3.8) is 0 Å². The van der Waals surface area contributed by atoms with E-state index in [4.69, 9.17) is 0 Å².